The Balaban J connectivity index is 2.64. The molecule has 0 saturated carbocycles. The summed E-state index contributed by atoms with van der Waals surface area (Å²) in [6.07, 6.45) is 0. The Morgan fingerprint density at radius 1 is 1.32 bits per heavy atom. The highest BCUT2D eigenvalue weighted by atomic mass is 16.2. The molecule has 0 aromatic heterocycles. The number of nitrogens with one attached hydrogen (secondary N) is 2. The van der Waals surface area contributed by atoms with E-state index in [4.69, 9.17) is 5.73 Å². The molecular formula is C11H20B2N4O2. The summed E-state index contributed by atoms with van der Waals surface area (Å²) < 4.78 is 0. The van der Waals surface area contributed by atoms with Crippen molar-refractivity contribution in [2.24, 2.45) is 10.6 Å². The van der Waals surface area contributed by atoms with Gasteiger partial charge in [0.05, 0.1) is 0 Å². The number of rotatable bonds is 5. The predicted octanol–water partition coefficient (Wildman–Crippen LogP) is -0.599. The summed E-state index contributed by atoms with van der Waals surface area (Å²) in [5, 5.41) is 24.3. The van der Waals surface area contributed by atoms with E-state index in [1.54, 1.807) is 13.6 Å². The third kappa shape index (κ3) is 6.28. The van der Waals surface area contributed by atoms with Crippen molar-refractivity contribution in [2.75, 3.05) is 0 Å². The minimum atomic E-state index is -0.843. The van der Waals surface area contributed by atoms with E-state index in [0.717, 1.165) is 11.1 Å². The molecule has 19 heavy (non-hydrogen) atoms. The molecule has 0 bridgehead atoms. The largest absolute Gasteiger partial charge is 0.433 e. The molecule has 6 N–H and O–H groups in total. The zero-order valence-electron chi connectivity index (χ0n) is 11.3. The van der Waals surface area contributed by atoms with Crippen LogP contribution < -0.4 is 16.3 Å². The predicted molar refractivity (Wildman–Crippen MR) is 79.4 cm³/mol. The first-order chi connectivity index (χ1) is 9.01. The van der Waals surface area contributed by atoms with E-state index in [1.165, 1.54) is 0 Å². The van der Waals surface area contributed by atoms with Gasteiger partial charge in [0.1, 0.15) is 0 Å². The fraction of sp³-hybridized carbons (Fsp3) is 0.364. The van der Waals surface area contributed by atoms with Crippen molar-refractivity contribution in [3.05, 3.63) is 35.4 Å². The van der Waals surface area contributed by atoms with E-state index in [2.05, 4.69) is 15.4 Å². The molecule has 0 heterocycles. The van der Waals surface area contributed by atoms with Gasteiger partial charge in [0.25, 0.3) is 0 Å². The van der Waals surface area contributed by atoms with Crippen molar-refractivity contribution in [2.45, 2.75) is 26.7 Å². The van der Waals surface area contributed by atoms with Gasteiger partial charge in [0.2, 0.25) is 0 Å². The summed E-state index contributed by atoms with van der Waals surface area (Å²) in [6.45, 7) is 4.14. The number of benzene rings is 1. The van der Waals surface area contributed by atoms with E-state index in [1.807, 2.05) is 24.3 Å². The van der Waals surface area contributed by atoms with E-state index in [0.29, 0.717) is 19.0 Å². The van der Waals surface area contributed by atoms with Crippen molar-refractivity contribution in [3.8, 4) is 0 Å². The molecular weight excluding hydrogens is 242 g/mol. The number of nitrogens with two attached hydrogens (primary N) is 1. The molecule has 0 spiro atoms. The quantitative estimate of drug-likeness (QED) is 0.277. The Hall–Kier alpha value is -1.50. The molecule has 102 valence electrons. The maximum Gasteiger partial charge on any atom is 0.431 e. The lowest BCUT2D eigenvalue weighted by molar-refractivity contribution is 0.568. The van der Waals surface area contributed by atoms with Crippen LogP contribution in [0, 0.1) is 0 Å². The highest BCUT2D eigenvalue weighted by Crippen LogP contribution is 2.04. The maximum atomic E-state index is 9.28. The smallest absolute Gasteiger partial charge is 0.431 e. The summed E-state index contributed by atoms with van der Waals surface area (Å²) in [5.41, 5.74) is 7.69. The van der Waals surface area contributed by atoms with Crippen LogP contribution in [-0.2, 0) is 13.1 Å². The van der Waals surface area contributed by atoms with Gasteiger partial charge in [-0.15, -0.1) is 0 Å². The fourth-order valence-corrected chi connectivity index (χ4v) is 1.57. The molecule has 0 unspecified atom stereocenters. The van der Waals surface area contributed by atoms with E-state index < -0.39 is 14.1 Å². The van der Waals surface area contributed by atoms with Crippen molar-refractivity contribution in [1.82, 2.24) is 10.5 Å². The van der Waals surface area contributed by atoms with Gasteiger partial charge in [-0.25, -0.2) is 0 Å². The lowest BCUT2D eigenvalue weighted by atomic mass is 9.88. The summed E-state index contributed by atoms with van der Waals surface area (Å²) >= 11 is 0. The molecule has 0 radical (unpaired) electrons. The third-order valence-electron chi connectivity index (χ3n) is 2.35. The molecule has 0 aliphatic carbocycles. The monoisotopic (exact) mass is 262 g/mol. The van der Waals surface area contributed by atoms with Crippen LogP contribution in [0.15, 0.2) is 29.2 Å². The molecule has 6 nitrogen and oxygen atoms in total. The Kier molecular flexibility index (Phi) is 6.41. The van der Waals surface area contributed by atoms with Crippen LogP contribution in [0.2, 0.25) is 13.6 Å². The van der Waals surface area contributed by atoms with Gasteiger partial charge in [-0.3, -0.25) is 4.90 Å². The summed E-state index contributed by atoms with van der Waals surface area (Å²) in [4.78, 5) is 3.94. The van der Waals surface area contributed by atoms with Crippen LogP contribution in [0.3, 0.4) is 0 Å². The van der Waals surface area contributed by atoms with Crippen LogP contribution in [-0.4, -0.2) is 30.1 Å². The van der Waals surface area contributed by atoms with Crippen LogP contribution in [0.25, 0.3) is 0 Å². The second-order valence-corrected chi connectivity index (χ2v) is 4.31. The second-order valence-electron chi connectivity index (χ2n) is 4.31. The van der Waals surface area contributed by atoms with Gasteiger partial charge in [-0.2, -0.15) is 0 Å². The van der Waals surface area contributed by atoms with Gasteiger partial charge >= 0.3 is 14.1 Å². The van der Waals surface area contributed by atoms with Crippen LogP contribution in [0.4, 0.5) is 0 Å². The van der Waals surface area contributed by atoms with E-state index >= 15 is 0 Å². The summed E-state index contributed by atoms with van der Waals surface area (Å²) in [7, 11) is -1.59. The Morgan fingerprint density at radius 3 is 2.58 bits per heavy atom. The van der Waals surface area contributed by atoms with Crippen LogP contribution in [0.1, 0.15) is 11.1 Å². The zero-order valence-corrected chi connectivity index (χ0v) is 11.3. The lowest BCUT2D eigenvalue weighted by Gasteiger charge is -2.13. The standard InChI is InChI=1S/C11H20B2N4O2/c1-12(18)16-11(17-13(2)19)15-8-10-5-3-4-9(6-10)7-14/h3-6,18-19H,7-8,14H2,1-2H3,(H2,15,16,17). The topological polar surface area (TPSA) is 103 Å². The average Bonchev–Trinajstić information content (AvgIpc) is 2.35. The van der Waals surface area contributed by atoms with Gasteiger partial charge in [0.15, 0.2) is 5.96 Å². The molecule has 0 saturated heterocycles. The molecule has 0 amide bonds. The minimum Gasteiger partial charge on any atom is -0.433 e. The van der Waals surface area contributed by atoms with Gasteiger partial charge in [-0.1, -0.05) is 24.3 Å². The molecule has 0 aliphatic rings. The molecule has 1 aromatic rings. The fourth-order valence-electron chi connectivity index (χ4n) is 1.57. The molecule has 0 fully saturated rings. The number of hydrogen-bond donors (Lipinski definition) is 5. The summed E-state index contributed by atoms with van der Waals surface area (Å²) in [5.74, 6) is 0.350. The zero-order chi connectivity index (χ0) is 14.3. The van der Waals surface area contributed by atoms with Crippen molar-refractivity contribution < 1.29 is 10.0 Å². The minimum absolute atomic E-state index is 0.350. The van der Waals surface area contributed by atoms with Crippen LogP contribution >= 0.6 is 0 Å². The maximum absolute atomic E-state index is 9.28. The Morgan fingerprint density at radius 2 is 2.00 bits per heavy atom. The molecule has 1 rings (SSSR count). The first-order valence-corrected chi connectivity index (χ1v) is 6.23. The second kappa shape index (κ2) is 7.83. The Bertz CT molecular complexity index is 427. The first-order valence-electron chi connectivity index (χ1n) is 6.23. The van der Waals surface area contributed by atoms with E-state index in [9.17, 15) is 10.0 Å². The number of guanidine groups is 1. The highest BCUT2D eigenvalue weighted by Gasteiger charge is 2.09. The Labute approximate surface area is 114 Å². The molecule has 1 aromatic carbocycles. The van der Waals surface area contributed by atoms with Crippen LogP contribution in [0.5, 0.6) is 0 Å². The van der Waals surface area contributed by atoms with Gasteiger partial charge in [0, 0.05) is 13.1 Å². The average molecular weight is 262 g/mol. The van der Waals surface area contributed by atoms with Crippen molar-refractivity contribution in [1.29, 1.82) is 0 Å². The summed E-state index contributed by atoms with van der Waals surface area (Å²) in [6, 6.07) is 7.86. The third-order valence-corrected chi connectivity index (χ3v) is 2.35. The molecule has 0 atom stereocenters. The molecule has 8 heteroatoms. The normalized spacial score (nSPS) is 11.1. The lowest BCUT2D eigenvalue weighted by Crippen LogP contribution is -2.45. The van der Waals surface area contributed by atoms with Crippen molar-refractivity contribution >= 4 is 20.1 Å². The van der Waals surface area contributed by atoms with Crippen molar-refractivity contribution in [3.63, 3.8) is 0 Å². The molecule has 0 aliphatic heterocycles. The number of hydrogen-bond acceptors (Lipinski definition) is 4. The number of nitrogens with zero attached hydrogens (tertiary/aromatic N) is 1. The SMILES string of the molecule is CB(O)N=C(NCc1cccc(CN)c1)NB(C)O. The highest BCUT2D eigenvalue weighted by molar-refractivity contribution is 6.52. The van der Waals surface area contributed by atoms with Gasteiger partial charge < -0.3 is 26.3 Å². The van der Waals surface area contributed by atoms with Gasteiger partial charge in [-0.05, 0) is 24.8 Å². The first kappa shape index (κ1) is 15.6. The van der Waals surface area contributed by atoms with E-state index in [-0.39, 0.29) is 0 Å².